The minimum atomic E-state index is -0.660. The van der Waals surface area contributed by atoms with E-state index >= 15 is 0 Å². The van der Waals surface area contributed by atoms with E-state index < -0.39 is 17.8 Å². The predicted molar refractivity (Wildman–Crippen MR) is 122 cm³/mol. The number of amides is 3. The zero-order valence-corrected chi connectivity index (χ0v) is 19.5. The van der Waals surface area contributed by atoms with Crippen molar-refractivity contribution in [1.82, 2.24) is 20.4 Å². The first kappa shape index (κ1) is 25.1. The van der Waals surface area contributed by atoms with Crippen LogP contribution in [0.15, 0.2) is 18.2 Å². The summed E-state index contributed by atoms with van der Waals surface area (Å²) in [5.74, 6) is -1.42. The van der Waals surface area contributed by atoms with Gasteiger partial charge in [-0.2, -0.15) is 0 Å². The first-order valence-corrected chi connectivity index (χ1v) is 11.8. The molecule has 9 heteroatoms. The molecule has 0 spiro atoms. The normalized spacial score (nSPS) is 23.8. The molecule has 2 atom stereocenters. The number of β-amino-alcohol motifs (C(OH)–C–C–N with tert-alkyl or cyclic N) is 1. The molecule has 1 aromatic rings. The van der Waals surface area contributed by atoms with Crippen molar-refractivity contribution in [3.05, 3.63) is 35.1 Å². The van der Waals surface area contributed by atoms with Crippen molar-refractivity contribution in [2.45, 2.75) is 51.6 Å². The summed E-state index contributed by atoms with van der Waals surface area (Å²) >= 11 is 0. The summed E-state index contributed by atoms with van der Waals surface area (Å²) in [6.07, 6.45) is 2.42. The number of nitrogens with one attached hydrogen (secondary N) is 2. The molecular weight excluding hydrogens is 427 g/mol. The molecule has 0 radical (unpaired) electrons. The number of rotatable bonds is 3. The van der Waals surface area contributed by atoms with E-state index in [2.05, 4.69) is 10.6 Å². The highest BCUT2D eigenvalue weighted by atomic mass is 19.1. The van der Waals surface area contributed by atoms with Crippen LogP contribution in [0.3, 0.4) is 0 Å². The second-order valence-electron chi connectivity index (χ2n) is 9.24. The molecule has 3 amide bonds. The third kappa shape index (κ3) is 6.51. The van der Waals surface area contributed by atoms with Crippen molar-refractivity contribution in [2.24, 2.45) is 5.92 Å². The van der Waals surface area contributed by atoms with E-state index in [1.165, 1.54) is 11.0 Å². The third-order valence-electron chi connectivity index (χ3n) is 6.41. The van der Waals surface area contributed by atoms with Crippen LogP contribution in [0.25, 0.3) is 0 Å². The molecular formula is C24H35FN4O4. The van der Waals surface area contributed by atoms with Gasteiger partial charge in [0.05, 0.1) is 18.7 Å². The zero-order chi connectivity index (χ0) is 24.0. The van der Waals surface area contributed by atoms with Crippen LogP contribution in [-0.4, -0.2) is 84.0 Å². The number of benzene rings is 1. The molecule has 1 saturated heterocycles. The first-order chi connectivity index (χ1) is 15.8. The highest BCUT2D eigenvalue weighted by Gasteiger charge is 2.36. The Hall–Kier alpha value is -2.52. The number of aryl methyl sites for hydroxylation is 1. The quantitative estimate of drug-likeness (QED) is 0.620. The fourth-order valence-corrected chi connectivity index (χ4v) is 4.46. The molecule has 1 fully saturated rings. The van der Waals surface area contributed by atoms with Gasteiger partial charge in [0.25, 0.3) is 5.91 Å². The van der Waals surface area contributed by atoms with Crippen LogP contribution in [0.5, 0.6) is 0 Å². The molecule has 1 aromatic carbocycles. The number of nitrogens with zero attached hydrogens (tertiary/aromatic N) is 2. The standard InChI is InChI=1S/C24H35FN4O4/c1-16(2)20-14-28(11-12-30)15-22(31)26-9-3-5-17-7-8-19(25)18(13-17)24(33)29-10-4-6-21(29)23(32)27-20/h7-8,13,16,20-21,30H,3-6,9-12,14-15H2,1-2H3,(H,26,31)(H,27,32)/t20-,21-/m0/s1. The lowest BCUT2D eigenvalue weighted by molar-refractivity contribution is -0.126. The summed E-state index contributed by atoms with van der Waals surface area (Å²) in [6.45, 7) is 5.53. The lowest BCUT2D eigenvalue weighted by atomic mass is 10.0. The smallest absolute Gasteiger partial charge is 0.257 e. The van der Waals surface area contributed by atoms with Gasteiger partial charge >= 0.3 is 0 Å². The van der Waals surface area contributed by atoms with Crippen molar-refractivity contribution in [3.8, 4) is 0 Å². The fraction of sp³-hybridized carbons (Fsp3) is 0.625. The Morgan fingerprint density at radius 3 is 2.73 bits per heavy atom. The molecule has 0 aliphatic carbocycles. The number of fused-ring (bicyclic) bond motifs is 3. The molecule has 2 bridgehead atoms. The van der Waals surface area contributed by atoms with Crippen LogP contribution in [0.4, 0.5) is 4.39 Å². The van der Waals surface area contributed by atoms with Crippen molar-refractivity contribution in [3.63, 3.8) is 0 Å². The number of carbonyl (C=O) groups is 3. The summed E-state index contributed by atoms with van der Waals surface area (Å²) in [4.78, 5) is 42.2. The molecule has 0 aromatic heterocycles. The van der Waals surface area contributed by atoms with Gasteiger partial charge in [-0.1, -0.05) is 19.9 Å². The van der Waals surface area contributed by atoms with Gasteiger partial charge in [0.1, 0.15) is 11.9 Å². The number of aliphatic hydroxyl groups excluding tert-OH is 1. The van der Waals surface area contributed by atoms with Gasteiger partial charge in [-0.3, -0.25) is 19.3 Å². The van der Waals surface area contributed by atoms with Crippen LogP contribution in [0, 0.1) is 11.7 Å². The summed E-state index contributed by atoms with van der Waals surface area (Å²) < 4.78 is 14.6. The van der Waals surface area contributed by atoms with E-state index in [0.29, 0.717) is 51.9 Å². The highest BCUT2D eigenvalue weighted by Crippen LogP contribution is 2.23. The van der Waals surface area contributed by atoms with Crippen LogP contribution < -0.4 is 10.6 Å². The molecule has 33 heavy (non-hydrogen) atoms. The average Bonchev–Trinajstić information content (AvgIpc) is 3.26. The van der Waals surface area contributed by atoms with Gasteiger partial charge in [-0.05, 0) is 49.3 Å². The Kier molecular flexibility index (Phi) is 8.80. The van der Waals surface area contributed by atoms with E-state index in [9.17, 15) is 23.9 Å². The monoisotopic (exact) mass is 462 g/mol. The predicted octanol–water partition coefficient (Wildman–Crippen LogP) is 0.928. The largest absolute Gasteiger partial charge is 0.395 e. The molecule has 8 nitrogen and oxygen atoms in total. The molecule has 182 valence electrons. The van der Waals surface area contributed by atoms with Crippen molar-refractivity contribution >= 4 is 17.7 Å². The zero-order valence-electron chi connectivity index (χ0n) is 19.5. The average molecular weight is 463 g/mol. The Bertz CT molecular complexity index is 863. The van der Waals surface area contributed by atoms with Gasteiger partial charge in [0.15, 0.2) is 0 Å². The molecule has 2 aliphatic heterocycles. The lowest BCUT2D eigenvalue weighted by Crippen LogP contribution is -2.54. The summed E-state index contributed by atoms with van der Waals surface area (Å²) in [5, 5.41) is 15.4. The van der Waals surface area contributed by atoms with Gasteiger partial charge < -0.3 is 20.6 Å². The summed E-state index contributed by atoms with van der Waals surface area (Å²) in [6, 6.07) is 3.57. The maximum Gasteiger partial charge on any atom is 0.257 e. The lowest BCUT2D eigenvalue weighted by Gasteiger charge is -2.32. The second-order valence-corrected chi connectivity index (χ2v) is 9.24. The van der Waals surface area contributed by atoms with Gasteiger partial charge in [-0.25, -0.2) is 4.39 Å². The van der Waals surface area contributed by atoms with Crippen LogP contribution >= 0.6 is 0 Å². The Morgan fingerprint density at radius 2 is 2.00 bits per heavy atom. The molecule has 2 aliphatic rings. The molecule has 0 unspecified atom stereocenters. The number of carbonyl (C=O) groups excluding carboxylic acids is 3. The summed E-state index contributed by atoms with van der Waals surface area (Å²) in [7, 11) is 0. The van der Waals surface area contributed by atoms with E-state index in [1.54, 1.807) is 12.1 Å². The second kappa shape index (κ2) is 11.6. The Labute approximate surface area is 194 Å². The maximum atomic E-state index is 14.6. The molecule has 2 heterocycles. The molecule has 3 N–H and O–H groups in total. The third-order valence-corrected chi connectivity index (χ3v) is 6.41. The summed E-state index contributed by atoms with van der Waals surface area (Å²) in [5.41, 5.74) is 0.787. The van der Waals surface area contributed by atoms with E-state index in [-0.39, 0.29) is 42.5 Å². The van der Waals surface area contributed by atoms with E-state index in [0.717, 1.165) is 5.56 Å². The van der Waals surface area contributed by atoms with Crippen molar-refractivity contribution in [1.29, 1.82) is 0 Å². The minimum Gasteiger partial charge on any atom is -0.395 e. The van der Waals surface area contributed by atoms with Gasteiger partial charge in [-0.15, -0.1) is 0 Å². The van der Waals surface area contributed by atoms with E-state index in [1.807, 2.05) is 18.7 Å². The van der Waals surface area contributed by atoms with Crippen LogP contribution in [0.2, 0.25) is 0 Å². The van der Waals surface area contributed by atoms with Gasteiger partial charge in [0, 0.05) is 32.2 Å². The Morgan fingerprint density at radius 1 is 1.21 bits per heavy atom. The van der Waals surface area contributed by atoms with Crippen molar-refractivity contribution < 1.29 is 23.9 Å². The number of hydrogen-bond acceptors (Lipinski definition) is 5. The first-order valence-electron chi connectivity index (χ1n) is 11.8. The van der Waals surface area contributed by atoms with Crippen LogP contribution in [-0.2, 0) is 16.0 Å². The molecule has 0 saturated carbocycles. The maximum absolute atomic E-state index is 14.6. The number of halogens is 1. The topological polar surface area (TPSA) is 102 Å². The highest BCUT2D eigenvalue weighted by molar-refractivity contribution is 5.98. The SMILES string of the molecule is CC(C)[C@@H]1CN(CCO)CC(=O)NCCCc2ccc(F)c(c2)C(=O)N2CCC[C@H]2C(=O)N1. The Balaban J connectivity index is 1.90. The van der Waals surface area contributed by atoms with Crippen LogP contribution in [0.1, 0.15) is 49.0 Å². The minimum absolute atomic E-state index is 0.0184. The number of hydrogen-bond donors (Lipinski definition) is 3. The van der Waals surface area contributed by atoms with Gasteiger partial charge in [0.2, 0.25) is 11.8 Å². The van der Waals surface area contributed by atoms with E-state index in [4.69, 9.17) is 0 Å². The molecule has 3 rings (SSSR count). The fourth-order valence-electron chi connectivity index (χ4n) is 4.46. The van der Waals surface area contributed by atoms with Crippen molar-refractivity contribution in [2.75, 3.05) is 39.3 Å². The number of aliphatic hydroxyl groups is 1.